The maximum absolute atomic E-state index is 5.72. The van der Waals surface area contributed by atoms with Crippen molar-refractivity contribution in [1.82, 2.24) is 4.68 Å². The lowest BCUT2D eigenvalue weighted by molar-refractivity contribution is 0.117. The molecule has 4 rings (SSSR count). The third-order valence-corrected chi connectivity index (χ3v) is 6.11. The Bertz CT molecular complexity index is 781. The summed E-state index contributed by atoms with van der Waals surface area (Å²) in [6.45, 7) is 1.60. The van der Waals surface area contributed by atoms with Crippen molar-refractivity contribution in [2.45, 2.75) is 51.0 Å². The van der Waals surface area contributed by atoms with Crippen molar-refractivity contribution in [3.8, 4) is 11.3 Å². The molecule has 26 heavy (non-hydrogen) atoms. The maximum Gasteiger partial charge on any atom is 0.206 e. The summed E-state index contributed by atoms with van der Waals surface area (Å²) in [7, 11) is 0. The molecular weight excluding hydrogens is 342 g/mol. The summed E-state index contributed by atoms with van der Waals surface area (Å²) in [6.07, 6.45) is 11.2. The van der Waals surface area contributed by atoms with E-state index in [0.717, 1.165) is 36.5 Å². The van der Waals surface area contributed by atoms with Crippen LogP contribution < -0.4 is 4.80 Å². The standard InChI is InChI=1S/C21H27N3OS/c1-3-8-17(9-4-1)14-23-24-20(18-10-5-2-6-11-18)16-26-21(24)22-15-19-12-7-13-25-19/h2,5-6,10-11,14,16-17,19H,1,3-4,7-9,12-13,15H2/b22-21?,23-14-/t19-/m1/s1. The molecule has 2 aromatic rings. The third kappa shape index (κ3) is 4.33. The van der Waals surface area contributed by atoms with Crippen molar-refractivity contribution < 1.29 is 4.74 Å². The Morgan fingerprint density at radius 1 is 1.08 bits per heavy atom. The molecule has 1 aliphatic carbocycles. The lowest BCUT2D eigenvalue weighted by atomic mass is 9.90. The van der Waals surface area contributed by atoms with Gasteiger partial charge in [0.15, 0.2) is 0 Å². The van der Waals surface area contributed by atoms with Crippen LogP contribution in [0.15, 0.2) is 45.8 Å². The molecule has 2 aliphatic rings. The van der Waals surface area contributed by atoms with E-state index in [1.807, 2.05) is 10.7 Å². The molecular formula is C21H27N3OS. The Kier molecular flexibility index (Phi) is 5.97. The fraction of sp³-hybridized carbons (Fsp3) is 0.524. The van der Waals surface area contributed by atoms with Crippen LogP contribution in [0.3, 0.4) is 0 Å². The summed E-state index contributed by atoms with van der Waals surface area (Å²) in [5, 5.41) is 7.05. The van der Waals surface area contributed by atoms with E-state index in [0.29, 0.717) is 5.92 Å². The van der Waals surface area contributed by atoms with E-state index < -0.39 is 0 Å². The van der Waals surface area contributed by atoms with Crippen LogP contribution in [0.2, 0.25) is 0 Å². The second kappa shape index (κ2) is 8.78. The highest BCUT2D eigenvalue weighted by Gasteiger charge is 2.15. The lowest BCUT2D eigenvalue weighted by Gasteiger charge is -2.17. The van der Waals surface area contributed by atoms with Crippen molar-refractivity contribution in [1.29, 1.82) is 0 Å². The van der Waals surface area contributed by atoms with E-state index in [9.17, 15) is 0 Å². The van der Waals surface area contributed by atoms with E-state index >= 15 is 0 Å². The number of ether oxygens (including phenoxy) is 1. The quantitative estimate of drug-likeness (QED) is 0.704. The van der Waals surface area contributed by atoms with Crippen LogP contribution >= 0.6 is 11.3 Å². The molecule has 1 saturated heterocycles. The molecule has 0 N–H and O–H groups in total. The number of nitrogens with zero attached hydrogens (tertiary/aromatic N) is 3. The maximum atomic E-state index is 5.72. The van der Waals surface area contributed by atoms with Crippen LogP contribution in [0, 0.1) is 5.92 Å². The van der Waals surface area contributed by atoms with Gasteiger partial charge in [-0.3, -0.25) is 4.99 Å². The zero-order valence-corrected chi connectivity index (χ0v) is 16.0. The van der Waals surface area contributed by atoms with E-state index in [2.05, 4.69) is 35.9 Å². The van der Waals surface area contributed by atoms with Crippen molar-refractivity contribution in [3.05, 3.63) is 40.5 Å². The Morgan fingerprint density at radius 3 is 2.69 bits per heavy atom. The molecule has 0 bridgehead atoms. The fourth-order valence-corrected chi connectivity index (χ4v) is 4.59. The first-order valence-electron chi connectivity index (χ1n) is 9.83. The van der Waals surface area contributed by atoms with Crippen molar-refractivity contribution in [2.24, 2.45) is 16.0 Å². The van der Waals surface area contributed by atoms with Gasteiger partial charge in [-0.05, 0) is 31.6 Å². The van der Waals surface area contributed by atoms with Gasteiger partial charge in [0.2, 0.25) is 4.80 Å². The number of aromatic nitrogens is 1. The topological polar surface area (TPSA) is 38.9 Å². The van der Waals surface area contributed by atoms with E-state index in [-0.39, 0.29) is 6.10 Å². The van der Waals surface area contributed by atoms with Gasteiger partial charge in [0.05, 0.1) is 18.3 Å². The molecule has 0 radical (unpaired) electrons. The van der Waals surface area contributed by atoms with Crippen LogP contribution in [-0.2, 0) is 4.74 Å². The molecule has 2 fully saturated rings. The van der Waals surface area contributed by atoms with Gasteiger partial charge in [-0.25, -0.2) is 4.68 Å². The zero-order chi connectivity index (χ0) is 17.6. The first kappa shape index (κ1) is 17.7. The molecule has 1 aromatic carbocycles. The third-order valence-electron chi connectivity index (χ3n) is 5.25. The molecule has 138 valence electrons. The zero-order valence-electron chi connectivity index (χ0n) is 15.2. The number of hydrogen-bond donors (Lipinski definition) is 0. The second-order valence-electron chi connectivity index (χ2n) is 7.22. The molecule has 0 spiro atoms. The van der Waals surface area contributed by atoms with Gasteiger partial charge in [-0.2, -0.15) is 5.10 Å². The first-order chi connectivity index (χ1) is 12.9. The van der Waals surface area contributed by atoms with Gasteiger partial charge < -0.3 is 4.74 Å². The molecule has 2 heterocycles. The highest BCUT2D eigenvalue weighted by Crippen LogP contribution is 2.23. The van der Waals surface area contributed by atoms with E-state index in [1.54, 1.807) is 11.3 Å². The van der Waals surface area contributed by atoms with Crippen LogP contribution in [-0.4, -0.2) is 30.1 Å². The highest BCUT2D eigenvalue weighted by atomic mass is 32.1. The summed E-state index contributed by atoms with van der Waals surface area (Å²) in [5.74, 6) is 0.603. The molecule has 4 nitrogen and oxygen atoms in total. The molecule has 1 aliphatic heterocycles. The SMILES string of the molecule is C(=N/n1c(-c2ccccc2)csc1=NC[C@H]1CCCO1)/C1CCCCC1. The molecule has 0 amide bonds. The largest absolute Gasteiger partial charge is 0.376 e. The number of benzene rings is 1. The first-order valence-corrected chi connectivity index (χ1v) is 10.7. The summed E-state index contributed by atoms with van der Waals surface area (Å²) < 4.78 is 7.76. The Balaban J connectivity index is 1.63. The van der Waals surface area contributed by atoms with Crippen LogP contribution in [0.1, 0.15) is 44.9 Å². The van der Waals surface area contributed by atoms with Crippen LogP contribution in [0.25, 0.3) is 11.3 Å². The van der Waals surface area contributed by atoms with Gasteiger partial charge >= 0.3 is 0 Å². The summed E-state index contributed by atoms with van der Waals surface area (Å²) in [5.41, 5.74) is 2.30. The highest BCUT2D eigenvalue weighted by molar-refractivity contribution is 7.07. The van der Waals surface area contributed by atoms with Gasteiger partial charge in [0, 0.05) is 23.8 Å². The Morgan fingerprint density at radius 2 is 1.92 bits per heavy atom. The minimum atomic E-state index is 0.271. The molecule has 1 atom stereocenters. The number of rotatable bonds is 5. The Hall–Kier alpha value is -1.72. The number of thiazole rings is 1. The van der Waals surface area contributed by atoms with Gasteiger partial charge in [-0.1, -0.05) is 49.6 Å². The van der Waals surface area contributed by atoms with Crippen molar-refractivity contribution >= 4 is 17.6 Å². The van der Waals surface area contributed by atoms with E-state index in [4.69, 9.17) is 14.8 Å². The molecule has 0 unspecified atom stereocenters. The summed E-state index contributed by atoms with van der Waals surface area (Å²) >= 11 is 1.67. The minimum absolute atomic E-state index is 0.271. The van der Waals surface area contributed by atoms with E-state index in [1.165, 1.54) is 37.7 Å². The van der Waals surface area contributed by atoms with Crippen LogP contribution in [0.5, 0.6) is 0 Å². The van der Waals surface area contributed by atoms with Crippen LogP contribution in [0.4, 0.5) is 0 Å². The van der Waals surface area contributed by atoms with Crippen molar-refractivity contribution in [3.63, 3.8) is 0 Å². The molecule has 1 saturated carbocycles. The average molecular weight is 370 g/mol. The fourth-order valence-electron chi connectivity index (χ4n) is 3.74. The van der Waals surface area contributed by atoms with Crippen molar-refractivity contribution in [2.75, 3.05) is 13.2 Å². The van der Waals surface area contributed by atoms with Gasteiger partial charge in [0.1, 0.15) is 0 Å². The predicted molar refractivity (Wildman–Crippen MR) is 108 cm³/mol. The normalized spacial score (nSPS) is 22.5. The molecule has 1 aromatic heterocycles. The Labute approximate surface area is 159 Å². The second-order valence-corrected chi connectivity index (χ2v) is 8.06. The molecule has 5 heteroatoms. The van der Waals surface area contributed by atoms with Gasteiger partial charge in [0.25, 0.3) is 0 Å². The summed E-state index contributed by atoms with van der Waals surface area (Å²) in [4.78, 5) is 5.81. The smallest absolute Gasteiger partial charge is 0.206 e. The average Bonchev–Trinajstić information content (AvgIpc) is 3.36. The predicted octanol–water partition coefficient (Wildman–Crippen LogP) is 4.71. The lowest BCUT2D eigenvalue weighted by Crippen LogP contribution is -2.18. The van der Waals surface area contributed by atoms with Gasteiger partial charge in [-0.15, -0.1) is 11.3 Å². The summed E-state index contributed by atoms with van der Waals surface area (Å²) in [6, 6.07) is 10.5. The number of hydrogen-bond acceptors (Lipinski definition) is 4. The minimum Gasteiger partial charge on any atom is -0.376 e. The monoisotopic (exact) mass is 369 g/mol.